The molecule has 0 amide bonds. The Morgan fingerprint density at radius 1 is 0.508 bits per heavy atom. The maximum Gasteiger partial charge on any atom is 0.472 e. The molecule has 0 saturated carbocycles. The molecule has 10 nitrogen and oxygen atoms in total. The molecule has 0 bridgehead atoms. The van der Waals surface area contributed by atoms with Gasteiger partial charge in [-0.1, -0.05) is 203 Å². The molecule has 0 rings (SSSR count). The summed E-state index contributed by atoms with van der Waals surface area (Å²) in [4.78, 5) is 35.1. The molecular formula is C50H89O10P. The van der Waals surface area contributed by atoms with E-state index in [9.17, 15) is 24.2 Å². The minimum Gasteiger partial charge on any atom is -0.462 e. The molecule has 1 unspecified atom stereocenters. The van der Waals surface area contributed by atoms with Crippen molar-refractivity contribution in [2.24, 2.45) is 0 Å². The van der Waals surface area contributed by atoms with Gasteiger partial charge in [0.05, 0.1) is 19.8 Å². The number of rotatable bonds is 45. The molecule has 3 atom stereocenters. The zero-order chi connectivity index (χ0) is 44.8. The molecule has 11 heteroatoms. The Labute approximate surface area is 372 Å². The van der Waals surface area contributed by atoms with Crippen LogP contribution in [0.3, 0.4) is 0 Å². The lowest BCUT2D eigenvalue weighted by molar-refractivity contribution is -0.161. The summed E-state index contributed by atoms with van der Waals surface area (Å²) in [7, 11) is -4.63. The number of carbonyl (C=O) groups excluding carboxylic acids is 2. The minimum absolute atomic E-state index is 0.163. The van der Waals surface area contributed by atoms with Gasteiger partial charge in [-0.15, -0.1) is 0 Å². The molecule has 0 heterocycles. The molecule has 0 aliphatic heterocycles. The lowest BCUT2D eigenvalue weighted by Crippen LogP contribution is -2.29. The van der Waals surface area contributed by atoms with E-state index in [2.05, 4.69) is 68.5 Å². The SMILES string of the molecule is CC/C=C/C/C=C/C/C=C/C/C=C/C/C=C/CCCC(=O)OC[C@H](COP(=O)(O)OC[C@@H](O)CO)OC(=O)CCCCCCCCCCCCCCCCCCCCCCC. The van der Waals surface area contributed by atoms with Crippen LogP contribution in [0, 0.1) is 0 Å². The van der Waals surface area contributed by atoms with E-state index in [-0.39, 0.29) is 19.4 Å². The maximum atomic E-state index is 12.7. The second-order valence-corrected chi connectivity index (χ2v) is 17.6. The van der Waals surface area contributed by atoms with Crippen molar-refractivity contribution in [3.8, 4) is 0 Å². The van der Waals surface area contributed by atoms with Crippen LogP contribution in [0.2, 0.25) is 0 Å². The van der Waals surface area contributed by atoms with E-state index in [0.717, 1.165) is 51.4 Å². The molecule has 0 radical (unpaired) electrons. The first-order chi connectivity index (χ1) is 29.7. The van der Waals surface area contributed by atoms with E-state index in [1.54, 1.807) is 0 Å². The molecule has 3 N–H and O–H groups in total. The fraction of sp³-hybridized carbons (Fsp3) is 0.760. The van der Waals surface area contributed by atoms with Crippen LogP contribution >= 0.6 is 7.82 Å². The largest absolute Gasteiger partial charge is 0.472 e. The fourth-order valence-electron chi connectivity index (χ4n) is 6.50. The van der Waals surface area contributed by atoms with Gasteiger partial charge in [-0.05, 0) is 51.4 Å². The van der Waals surface area contributed by atoms with E-state index < -0.39 is 51.8 Å². The molecule has 0 aliphatic rings. The van der Waals surface area contributed by atoms with E-state index >= 15 is 0 Å². The summed E-state index contributed by atoms with van der Waals surface area (Å²) >= 11 is 0. The van der Waals surface area contributed by atoms with E-state index in [0.29, 0.717) is 19.3 Å². The second-order valence-electron chi connectivity index (χ2n) is 16.1. The predicted octanol–water partition coefficient (Wildman–Crippen LogP) is 13.5. The number of esters is 2. The van der Waals surface area contributed by atoms with Gasteiger partial charge in [0.25, 0.3) is 0 Å². The second kappa shape index (κ2) is 45.7. The number of aliphatic hydroxyl groups excluding tert-OH is 2. The Morgan fingerprint density at radius 2 is 0.902 bits per heavy atom. The third kappa shape index (κ3) is 45.5. The molecule has 0 fully saturated rings. The lowest BCUT2D eigenvalue weighted by Gasteiger charge is -2.20. The average molecular weight is 881 g/mol. The van der Waals surface area contributed by atoms with Gasteiger partial charge < -0.3 is 24.6 Å². The summed E-state index contributed by atoms with van der Waals surface area (Å²) in [6.07, 6.45) is 52.0. The van der Waals surface area contributed by atoms with Gasteiger partial charge in [0.15, 0.2) is 6.10 Å². The van der Waals surface area contributed by atoms with Crippen molar-refractivity contribution in [3.05, 3.63) is 60.8 Å². The maximum absolute atomic E-state index is 12.7. The van der Waals surface area contributed by atoms with Gasteiger partial charge in [-0.2, -0.15) is 0 Å². The van der Waals surface area contributed by atoms with Gasteiger partial charge in [0, 0.05) is 12.8 Å². The third-order valence-corrected chi connectivity index (χ3v) is 11.1. The number of hydrogen-bond acceptors (Lipinski definition) is 9. The van der Waals surface area contributed by atoms with Crippen LogP contribution in [0.25, 0.3) is 0 Å². The van der Waals surface area contributed by atoms with Gasteiger partial charge in [-0.25, -0.2) is 4.57 Å². The van der Waals surface area contributed by atoms with Gasteiger partial charge in [0.2, 0.25) is 0 Å². The molecule has 0 saturated heterocycles. The monoisotopic (exact) mass is 881 g/mol. The fourth-order valence-corrected chi connectivity index (χ4v) is 7.29. The van der Waals surface area contributed by atoms with Crippen LogP contribution in [0.5, 0.6) is 0 Å². The summed E-state index contributed by atoms with van der Waals surface area (Å²) in [6.45, 7) is 2.23. The first-order valence-electron chi connectivity index (χ1n) is 24.2. The van der Waals surface area contributed by atoms with Crippen LogP contribution in [0.15, 0.2) is 60.8 Å². The smallest absolute Gasteiger partial charge is 0.462 e. The van der Waals surface area contributed by atoms with Crippen LogP contribution in [0.4, 0.5) is 0 Å². The van der Waals surface area contributed by atoms with E-state index in [4.69, 9.17) is 23.6 Å². The Balaban J connectivity index is 4.27. The molecule has 0 spiro atoms. The van der Waals surface area contributed by atoms with Crippen molar-refractivity contribution in [2.75, 3.05) is 26.4 Å². The first-order valence-corrected chi connectivity index (χ1v) is 25.7. The highest BCUT2D eigenvalue weighted by molar-refractivity contribution is 7.47. The molecule has 354 valence electrons. The van der Waals surface area contributed by atoms with Crippen molar-refractivity contribution in [3.63, 3.8) is 0 Å². The Morgan fingerprint density at radius 3 is 1.34 bits per heavy atom. The topological polar surface area (TPSA) is 149 Å². The van der Waals surface area contributed by atoms with E-state index in [1.165, 1.54) is 109 Å². The molecular weight excluding hydrogens is 792 g/mol. The summed E-state index contributed by atoms with van der Waals surface area (Å²) in [6, 6.07) is 0. The molecule has 61 heavy (non-hydrogen) atoms. The number of ether oxygens (including phenoxy) is 2. The lowest BCUT2D eigenvalue weighted by atomic mass is 10.0. The quantitative estimate of drug-likeness (QED) is 0.0233. The van der Waals surface area contributed by atoms with Gasteiger partial charge >= 0.3 is 19.8 Å². The highest BCUT2D eigenvalue weighted by Crippen LogP contribution is 2.43. The normalized spacial score (nSPS) is 14.2. The molecule has 0 aliphatic carbocycles. The number of unbranched alkanes of at least 4 members (excludes halogenated alkanes) is 21. The summed E-state index contributed by atoms with van der Waals surface area (Å²) < 4.78 is 32.8. The highest BCUT2D eigenvalue weighted by Gasteiger charge is 2.27. The Bertz CT molecular complexity index is 1200. The van der Waals surface area contributed by atoms with Crippen molar-refractivity contribution >= 4 is 19.8 Å². The average Bonchev–Trinajstić information content (AvgIpc) is 3.25. The predicted molar refractivity (Wildman–Crippen MR) is 251 cm³/mol. The van der Waals surface area contributed by atoms with Crippen LogP contribution in [0.1, 0.15) is 206 Å². The third-order valence-electron chi connectivity index (χ3n) is 10.2. The van der Waals surface area contributed by atoms with Crippen molar-refractivity contribution in [1.82, 2.24) is 0 Å². The first kappa shape index (κ1) is 58.7. The zero-order valence-electron chi connectivity index (χ0n) is 38.6. The van der Waals surface area contributed by atoms with Crippen LogP contribution < -0.4 is 0 Å². The molecule has 0 aromatic carbocycles. The molecule has 0 aromatic heterocycles. The van der Waals surface area contributed by atoms with Gasteiger partial charge in [0.1, 0.15) is 12.7 Å². The number of phosphoric ester groups is 1. The van der Waals surface area contributed by atoms with Crippen LogP contribution in [-0.4, -0.2) is 65.7 Å². The van der Waals surface area contributed by atoms with Crippen molar-refractivity contribution in [2.45, 2.75) is 219 Å². The number of hydrogen-bond donors (Lipinski definition) is 3. The highest BCUT2D eigenvalue weighted by atomic mass is 31.2. The molecule has 0 aromatic rings. The Kier molecular flexibility index (Phi) is 43.9. The van der Waals surface area contributed by atoms with Crippen LogP contribution in [-0.2, 0) is 32.7 Å². The summed E-state index contributed by atoms with van der Waals surface area (Å²) in [5.41, 5.74) is 0. The van der Waals surface area contributed by atoms with Gasteiger partial charge in [-0.3, -0.25) is 18.6 Å². The number of allylic oxidation sites excluding steroid dienone is 10. The van der Waals surface area contributed by atoms with Crippen molar-refractivity contribution in [1.29, 1.82) is 0 Å². The summed E-state index contributed by atoms with van der Waals surface area (Å²) in [5, 5.41) is 18.4. The number of phosphoric acid groups is 1. The zero-order valence-corrected chi connectivity index (χ0v) is 39.5. The van der Waals surface area contributed by atoms with E-state index in [1.807, 2.05) is 6.08 Å². The Hall–Kier alpha value is -2.33. The van der Waals surface area contributed by atoms with Crippen molar-refractivity contribution < 1.29 is 47.8 Å². The number of carbonyl (C=O) groups is 2. The summed E-state index contributed by atoms with van der Waals surface area (Å²) in [5.74, 6) is -0.988. The minimum atomic E-state index is -4.63. The number of aliphatic hydroxyl groups is 2. The standard InChI is InChI=1S/C50H89O10P/c1-3-5-7-9-11-13-15-17-19-21-22-23-24-26-28-30-32-34-36-38-40-42-50(54)60-48(46-59-61(55,56)58-44-47(52)43-51)45-57-49(53)41-39-37-35-33-31-29-27-25-20-18-16-14-12-10-8-6-4-2/h6,8,12,14,18,20,27,29,33,35,47-48,51-52H,3-5,7,9-11,13,15-17,19,21-26,28,30-32,34,36-46H2,1-2H3,(H,55,56)/b8-6+,14-12+,20-18+,29-27+,35-33+/t47-,48+/m0/s1.